The third-order valence-electron chi connectivity index (χ3n) is 2.16. The van der Waals surface area contributed by atoms with E-state index in [4.69, 9.17) is 11.6 Å². The van der Waals surface area contributed by atoms with Crippen molar-refractivity contribution in [3.05, 3.63) is 72.0 Å². The van der Waals surface area contributed by atoms with E-state index in [0.29, 0.717) is 5.03 Å². The second-order valence-corrected chi connectivity index (χ2v) is 3.62. The van der Waals surface area contributed by atoms with Crippen molar-refractivity contribution < 1.29 is 0 Å². The molecular formula is C14H14ClN. The maximum atomic E-state index is 5.97. The van der Waals surface area contributed by atoms with Crippen LogP contribution in [-0.2, 0) is 0 Å². The molecule has 0 atom stereocenters. The van der Waals surface area contributed by atoms with Gasteiger partial charge in [0.2, 0.25) is 0 Å². The lowest BCUT2D eigenvalue weighted by Crippen LogP contribution is -1.91. The van der Waals surface area contributed by atoms with Crippen LogP contribution in [0.1, 0.15) is 6.42 Å². The van der Waals surface area contributed by atoms with E-state index in [-0.39, 0.29) is 0 Å². The van der Waals surface area contributed by atoms with Crippen LogP contribution in [0.25, 0.3) is 0 Å². The molecule has 0 spiro atoms. The lowest BCUT2D eigenvalue weighted by atomic mass is 10.1. The van der Waals surface area contributed by atoms with Crippen LogP contribution in [0.2, 0.25) is 0 Å². The van der Waals surface area contributed by atoms with Crippen molar-refractivity contribution >= 4 is 17.8 Å². The first-order chi connectivity index (χ1) is 7.71. The third-order valence-corrected chi connectivity index (χ3v) is 2.53. The van der Waals surface area contributed by atoms with E-state index in [1.165, 1.54) is 0 Å². The van der Waals surface area contributed by atoms with E-state index in [2.05, 4.69) is 30.8 Å². The van der Waals surface area contributed by atoms with Gasteiger partial charge in [-0.3, -0.25) is 4.99 Å². The summed E-state index contributed by atoms with van der Waals surface area (Å²) >= 11 is 5.97. The van der Waals surface area contributed by atoms with Crippen molar-refractivity contribution in [2.75, 3.05) is 0 Å². The second kappa shape index (κ2) is 6.09. The van der Waals surface area contributed by atoms with E-state index in [0.717, 1.165) is 23.3 Å². The number of halogens is 1. The lowest BCUT2D eigenvalue weighted by Gasteiger charge is -2.06. The summed E-state index contributed by atoms with van der Waals surface area (Å²) in [7, 11) is 0. The molecule has 1 rings (SSSR count). The number of hydrogen-bond donors (Lipinski definition) is 0. The average Bonchev–Trinajstić information content (AvgIpc) is 2.35. The van der Waals surface area contributed by atoms with Gasteiger partial charge in [-0.2, -0.15) is 0 Å². The Morgan fingerprint density at radius 3 is 2.50 bits per heavy atom. The van der Waals surface area contributed by atoms with E-state index >= 15 is 0 Å². The van der Waals surface area contributed by atoms with Crippen molar-refractivity contribution in [2.24, 2.45) is 4.99 Å². The fraction of sp³-hybridized carbons (Fsp3) is 0.0714. The van der Waals surface area contributed by atoms with E-state index in [1.807, 2.05) is 6.08 Å². The fourth-order valence-electron chi connectivity index (χ4n) is 1.24. The van der Waals surface area contributed by atoms with Gasteiger partial charge >= 0.3 is 0 Å². The van der Waals surface area contributed by atoms with Crippen LogP contribution in [0.15, 0.2) is 77.0 Å². The molecule has 0 amide bonds. The maximum absolute atomic E-state index is 5.97. The molecular weight excluding hydrogens is 218 g/mol. The van der Waals surface area contributed by atoms with Crippen molar-refractivity contribution in [1.82, 2.24) is 0 Å². The predicted molar refractivity (Wildman–Crippen MR) is 72.7 cm³/mol. The van der Waals surface area contributed by atoms with Gasteiger partial charge < -0.3 is 0 Å². The molecule has 0 bridgehead atoms. The molecule has 0 aromatic heterocycles. The Morgan fingerprint density at radius 2 is 2.06 bits per heavy atom. The van der Waals surface area contributed by atoms with Crippen molar-refractivity contribution in [3.8, 4) is 0 Å². The second-order valence-electron chi connectivity index (χ2n) is 3.22. The molecule has 0 aliphatic carbocycles. The summed E-state index contributed by atoms with van der Waals surface area (Å²) in [6, 6.07) is 0. The highest BCUT2D eigenvalue weighted by atomic mass is 35.5. The zero-order chi connectivity index (χ0) is 12.0. The van der Waals surface area contributed by atoms with Crippen molar-refractivity contribution in [1.29, 1.82) is 0 Å². The summed E-state index contributed by atoms with van der Waals surface area (Å²) in [6.07, 6.45) is 11.6. The van der Waals surface area contributed by atoms with Gasteiger partial charge in [0.25, 0.3) is 0 Å². The fourth-order valence-corrected chi connectivity index (χ4v) is 1.37. The number of aliphatic imine (C=N–C) groups is 1. The zero-order valence-corrected chi connectivity index (χ0v) is 9.87. The SMILES string of the molecule is C=CC1=CC/C(=C\C(C=C)=C(\Cl)C=C)N=C1. The lowest BCUT2D eigenvalue weighted by molar-refractivity contribution is 1.14. The summed E-state index contributed by atoms with van der Waals surface area (Å²) in [4.78, 5) is 4.31. The van der Waals surface area contributed by atoms with Crippen LogP contribution < -0.4 is 0 Å². The Kier molecular flexibility index (Phi) is 4.74. The molecule has 1 aliphatic heterocycles. The van der Waals surface area contributed by atoms with Crippen LogP contribution in [0.4, 0.5) is 0 Å². The molecule has 82 valence electrons. The molecule has 1 heterocycles. The largest absolute Gasteiger partial charge is 0.260 e. The molecule has 0 unspecified atom stereocenters. The number of dihydropyridines is 1. The summed E-state index contributed by atoms with van der Waals surface area (Å²) < 4.78 is 0. The van der Waals surface area contributed by atoms with Crippen LogP contribution >= 0.6 is 11.6 Å². The first-order valence-corrected chi connectivity index (χ1v) is 5.31. The quantitative estimate of drug-likeness (QED) is 0.639. The van der Waals surface area contributed by atoms with Crippen LogP contribution in [0.5, 0.6) is 0 Å². The standard InChI is InChI=1S/C14H14ClN/c1-4-11-7-8-13(16-10-11)9-12(5-2)14(15)6-3/h4-7,9-10H,1-3,8H2/b13-9+,14-12+. The number of rotatable bonds is 4. The smallest absolute Gasteiger partial charge is 0.0472 e. The Balaban J connectivity index is 2.93. The van der Waals surface area contributed by atoms with Gasteiger partial charge in [-0.15, -0.1) is 0 Å². The van der Waals surface area contributed by atoms with Gasteiger partial charge in [0.1, 0.15) is 0 Å². The predicted octanol–water partition coefficient (Wildman–Crippen LogP) is 4.32. The van der Waals surface area contributed by atoms with E-state index < -0.39 is 0 Å². The number of nitrogens with zero attached hydrogens (tertiary/aromatic N) is 1. The monoisotopic (exact) mass is 231 g/mol. The summed E-state index contributed by atoms with van der Waals surface area (Å²) in [5.74, 6) is 0. The summed E-state index contributed by atoms with van der Waals surface area (Å²) in [5, 5.41) is 0.580. The van der Waals surface area contributed by atoms with E-state index in [1.54, 1.807) is 24.4 Å². The molecule has 0 fully saturated rings. The van der Waals surface area contributed by atoms with Gasteiger partial charge in [-0.1, -0.05) is 55.6 Å². The molecule has 0 aromatic rings. The van der Waals surface area contributed by atoms with Crippen LogP contribution in [0, 0.1) is 0 Å². The highest BCUT2D eigenvalue weighted by Gasteiger charge is 2.01. The molecule has 0 radical (unpaired) electrons. The molecule has 0 N–H and O–H groups in total. The van der Waals surface area contributed by atoms with Crippen molar-refractivity contribution in [3.63, 3.8) is 0 Å². The summed E-state index contributed by atoms with van der Waals surface area (Å²) in [6.45, 7) is 11.0. The highest BCUT2D eigenvalue weighted by Crippen LogP contribution is 2.19. The van der Waals surface area contributed by atoms with Gasteiger partial charge in [-0.25, -0.2) is 0 Å². The minimum atomic E-state index is 0.580. The first kappa shape index (κ1) is 12.5. The Labute approximate surface area is 102 Å². The number of allylic oxidation sites excluding steroid dienone is 8. The van der Waals surface area contributed by atoms with Gasteiger partial charge in [0.15, 0.2) is 0 Å². The Morgan fingerprint density at radius 1 is 1.31 bits per heavy atom. The first-order valence-electron chi connectivity index (χ1n) is 4.93. The average molecular weight is 232 g/mol. The van der Waals surface area contributed by atoms with Crippen molar-refractivity contribution in [2.45, 2.75) is 6.42 Å². The van der Waals surface area contributed by atoms with Gasteiger partial charge in [-0.05, 0) is 17.2 Å². The minimum Gasteiger partial charge on any atom is -0.260 e. The molecule has 1 nitrogen and oxygen atoms in total. The van der Waals surface area contributed by atoms with Gasteiger partial charge in [0, 0.05) is 23.4 Å². The Bertz CT molecular complexity index is 434. The topological polar surface area (TPSA) is 12.4 Å². The third kappa shape index (κ3) is 3.21. The zero-order valence-electron chi connectivity index (χ0n) is 9.12. The maximum Gasteiger partial charge on any atom is 0.0472 e. The highest BCUT2D eigenvalue weighted by molar-refractivity contribution is 6.31. The van der Waals surface area contributed by atoms with Gasteiger partial charge in [0.05, 0.1) is 0 Å². The normalized spacial score (nSPS) is 18.8. The molecule has 1 aliphatic rings. The molecule has 16 heavy (non-hydrogen) atoms. The number of hydrogen-bond acceptors (Lipinski definition) is 1. The van der Waals surface area contributed by atoms with Crippen LogP contribution in [-0.4, -0.2) is 6.21 Å². The summed E-state index contributed by atoms with van der Waals surface area (Å²) in [5.41, 5.74) is 2.82. The Hall–Kier alpha value is -1.60. The molecule has 0 saturated carbocycles. The van der Waals surface area contributed by atoms with Crippen LogP contribution in [0.3, 0.4) is 0 Å². The molecule has 0 saturated heterocycles. The molecule has 0 aromatic carbocycles. The van der Waals surface area contributed by atoms with E-state index in [9.17, 15) is 0 Å². The minimum absolute atomic E-state index is 0.580. The molecule has 2 heteroatoms.